The second-order valence-electron chi connectivity index (χ2n) is 4.72. The van der Waals surface area contributed by atoms with Gasteiger partial charge >= 0.3 is 0 Å². The number of thiazole rings is 1. The number of rotatable bonds is 3. The molecule has 0 aliphatic heterocycles. The monoisotopic (exact) mass is 279 g/mol. The Bertz CT molecular complexity index is 594. The molecule has 2 aromatic heterocycles. The van der Waals surface area contributed by atoms with E-state index >= 15 is 0 Å². The Morgan fingerprint density at radius 2 is 1.95 bits per heavy atom. The van der Waals surface area contributed by atoms with Crippen LogP contribution in [0.2, 0.25) is 0 Å². The smallest absolute Gasteiger partial charge is 0.295 e. The first-order chi connectivity index (χ1) is 8.88. The zero-order valence-corrected chi connectivity index (χ0v) is 12.5. The summed E-state index contributed by atoms with van der Waals surface area (Å²) in [6.07, 6.45) is 0. The molecule has 0 saturated carbocycles. The Hall–Kier alpha value is -1.69. The number of carbonyl (C=O) groups is 1. The Morgan fingerprint density at radius 1 is 1.26 bits per heavy atom. The molecule has 1 amide bonds. The van der Waals surface area contributed by atoms with Gasteiger partial charge in [-0.15, -0.1) is 11.3 Å². The van der Waals surface area contributed by atoms with Crippen molar-refractivity contribution in [2.75, 3.05) is 5.32 Å². The van der Waals surface area contributed by atoms with Crippen molar-refractivity contribution in [1.29, 1.82) is 0 Å². The van der Waals surface area contributed by atoms with Crippen LogP contribution in [-0.4, -0.2) is 15.9 Å². The molecule has 0 unspecified atom stereocenters. The molecule has 6 heteroatoms. The van der Waals surface area contributed by atoms with E-state index in [1.807, 2.05) is 27.7 Å². The standard InChI is InChI=1S/C13H17N3O2S/c1-6(2)10-11(18-9(5)15-10)12(17)16-13-14-7(3)8(4)19-13/h6H,1-5H3,(H,14,16,17). The molecule has 0 radical (unpaired) electrons. The summed E-state index contributed by atoms with van der Waals surface area (Å²) in [5.41, 5.74) is 1.61. The van der Waals surface area contributed by atoms with Gasteiger partial charge in [0.25, 0.3) is 5.91 Å². The molecule has 0 saturated heterocycles. The van der Waals surface area contributed by atoms with E-state index in [4.69, 9.17) is 4.42 Å². The highest BCUT2D eigenvalue weighted by molar-refractivity contribution is 7.15. The summed E-state index contributed by atoms with van der Waals surface area (Å²) >= 11 is 1.45. The minimum Gasteiger partial charge on any atom is -0.436 e. The Balaban J connectivity index is 2.25. The number of aryl methyl sites for hydroxylation is 3. The summed E-state index contributed by atoms with van der Waals surface area (Å²) in [7, 11) is 0. The molecule has 5 nitrogen and oxygen atoms in total. The van der Waals surface area contributed by atoms with Crippen LogP contribution in [0, 0.1) is 20.8 Å². The molecule has 0 aliphatic carbocycles. The number of hydrogen-bond donors (Lipinski definition) is 1. The highest BCUT2D eigenvalue weighted by atomic mass is 32.1. The molecule has 0 spiro atoms. The molecular weight excluding hydrogens is 262 g/mol. The van der Waals surface area contributed by atoms with E-state index in [2.05, 4.69) is 15.3 Å². The maximum atomic E-state index is 12.2. The summed E-state index contributed by atoms with van der Waals surface area (Å²) in [5, 5.41) is 3.35. The molecule has 0 aromatic carbocycles. The van der Waals surface area contributed by atoms with Gasteiger partial charge in [0, 0.05) is 11.8 Å². The first-order valence-corrected chi connectivity index (χ1v) is 6.92. The van der Waals surface area contributed by atoms with Gasteiger partial charge in [-0.1, -0.05) is 13.8 Å². The molecule has 2 rings (SSSR count). The molecule has 0 atom stereocenters. The largest absolute Gasteiger partial charge is 0.436 e. The molecular formula is C13H17N3O2S. The minimum atomic E-state index is -0.293. The van der Waals surface area contributed by atoms with E-state index in [0.29, 0.717) is 16.7 Å². The summed E-state index contributed by atoms with van der Waals surface area (Å²) in [6.45, 7) is 9.58. The second-order valence-corrected chi connectivity index (χ2v) is 5.92. The summed E-state index contributed by atoms with van der Waals surface area (Å²) in [5.74, 6) is 0.620. The van der Waals surface area contributed by atoms with Gasteiger partial charge in [0.05, 0.1) is 11.4 Å². The van der Waals surface area contributed by atoms with Crippen molar-refractivity contribution in [1.82, 2.24) is 9.97 Å². The van der Waals surface area contributed by atoms with Crippen LogP contribution in [0.1, 0.15) is 52.5 Å². The van der Waals surface area contributed by atoms with Crippen LogP contribution in [0.25, 0.3) is 0 Å². The highest BCUT2D eigenvalue weighted by Gasteiger charge is 2.22. The van der Waals surface area contributed by atoms with E-state index in [0.717, 1.165) is 10.6 Å². The predicted octanol–water partition coefficient (Wildman–Crippen LogP) is 3.43. The van der Waals surface area contributed by atoms with Crippen molar-refractivity contribution < 1.29 is 9.21 Å². The van der Waals surface area contributed by atoms with Crippen LogP contribution in [-0.2, 0) is 0 Å². The third-order valence-electron chi connectivity index (χ3n) is 2.76. The third-order valence-corrected chi connectivity index (χ3v) is 3.75. The van der Waals surface area contributed by atoms with Gasteiger partial charge in [-0.2, -0.15) is 0 Å². The normalized spacial score (nSPS) is 11.1. The maximum Gasteiger partial charge on any atom is 0.295 e. The van der Waals surface area contributed by atoms with Crippen molar-refractivity contribution in [2.24, 2.45) is 0 Å². The second kappa shape index (κ2) is 5.13. The summed E-state index contributed by atoms with van der Waals surface area (Å²) < 4.78 is 5.40. The number of oxazole rings is 1. The number of carbonyl (C=O) groups excluding carboxylic acids is 1. The first kappa shape index (κ1) is 13.7. The molecule has 2 aromatic rings. The molecule has 2 heterocycles. The Kier molecular flexibility index (Phi) is 3.71. The zero-order valence-electron chi connectivity index (χ0n) is 11.7. The van der Waals surface area contributed by atoms with Gasteiger partial charge in [-0.05, 0) is 19.8 Å². The van der Waals surface area contributed by atoms with Crippen LogP contribution in [0.4, 0.5) is 5.13 Å². The molecule has 0 fully saturated rings. The number of nitrogens with one attached hydrogen (secondary N) is 1. The Morgan fingerprint density at radius 3 is 2.47 bits per heavy atom. The lowest BCUT2D eigenvalue weighted by molar-refractivity contribution is 0.0993. The van der Waals surface area contributed by atoms with E-state index in [1.54, 1.807) is 6.92 Å². The Labute approximate surface area is 116 Å². The SMILES string of the molecule is Cc1nc(C(C)C)c(C(=O)Nc2nc(C)c(C)s2)o1. The van der Waals surface area contributed by atoms with Crippen LogP contribution in [0.15, 0.2) is 4.42 Å². The topological polar surface area (TPSA) is 68.0 Å². The predicted molar refractivity (Wildman–Crippen MR) is 74.9 cm³/mol. The average Bonchev–Trinajstić information content (AvgIpc) is 2.83. The van der Waals surface area contributed by atoms with Crippen molar-refractivity contribution >= 4 is 22.4 Å². The average molecular weight is 279 g/mol. The van der Waals surface area contributed by atoms with Gasteiger partial charge in [0.15, 0.2) is 11.0 Å². The summed E-state index contributed by atoms with van der Waals surface area (Å²) in [6, 6.07) is 0. The number of nitrogens with zero attached hydrogens (tertiary/aromatic N) is 2. The fourth-order valence-electron chi connectivity index (χ4n) is 1.68. The van der Waals surface area contributed by atoms with Gasteiger partial charge in [-0.25, -0.2) is 9.97 Å². The minimum absolute atomic E-state index is 0.137. The maximum absolute atomic E-state index is 12.2. The molecule has 1 N–H and O–H groups in total. The van der Waals surface area contributed by atoms with Crippen LogP contribution in [0.3, 0.4) is 0 Å². The fraction of sp³-hybridized carbons (Fsp3) is 0.462. The van der Waals surface area contributed by atoms with Crippen LogP contribution in [0.5, 0.6) is 0 Å². The lowest BCUT2D eigenvalue weighted by Crippen LogP contribution is -2.13. The van der Waals surface area contributed by atoms with Gasteiger partial charge in [0.1, 0.15) is 0 Å². The molecule has 0 bridgehead atoms. The van der Waals surface area contributed by atoms with E-state index in [9.17, 15) is 4.79 Å². The lowest BCUT2D eigenvalue weighted by atomic mass is 10.1. The first-order valence-electron chi connectivity index (χ1n) is 6.11. The van der Waals surface area contributed by atoms with E-state index < -0.39 is 0 Å². The van der Waals surface area contributed by atoms with Gasteiger partial charge in [-0.3, -0.25) is 10.1 Å². The number of amides is 1. The molecule has 102 valence electrons. The fourth-order valence-corrected chi connectivity index (χ4v) is 2.49. The van der Waals surface area contributed by atoms with E-state index in [-0.39, 0.29) is 17.6 Å². The van der Waals surface area contributed by atoms with Crippen LogP contribution >= 0.6 is 11.3 Å². The highest BCUT2D eigenvalue weighted by Crippen LogP contribution is 2.24. The van der Waals surface area contributed by atoms with Crippen molar-refractivity contribution in [3.8, 4) is 0 Å². The van der Waals surface area contributed by atoms with Crippen molar-refractivity contribution in [3.63, 3.8) is 0 Å². The summed E-state index contributed by atoms with van der Waals surface area (Å²) in [4.78, 5) is 21.8. The number of anilines is 1. The lowest BCUT2D eigenvalue weighted by Gasteiger charge is -2.03. The van der Waals surface area contributed by atoms with Crippen molar-refractivity contribution in [2.45, 2.75) is 40.5 Å². The number of aromatic nitrogens is 2. The quantitative estimate of drug-likeness (QED) is 0.934. The molecule has 19 heavy (non-hydrogen) atoms. The number of hydrogen-bond acceptors (Lipinski definition) is 5. The van der Waals surface area contributed by atoms with Gasteiger partial charge < -0.3 is 4.42 Å². The van der Waals surface area contributed by atoms with E-state index in [1.165, 1.54) is 11.3 Å². The van der Waals surface area contributed by atoms with Crippen molar-refractivity contribution in [3.05, 3.63) is 27.9 Å². The molecule has 0 aliphatic rings. The third kappa shape index (κ3) is 2.84. The zero-order chi connectivity index (χ0) is 14.2. The van der Waals surface area contributed by atoms with Gasteiger partial charge in [0.2, 0.25) is 5.76 Å². The van der Waals surface area contributed by atoms with Crippen LogP contribution < -0.4 is 5.32 Å².